The summed E-state index contributed by atoms with van der Waals surface area (Å²) >= 11 is 0. The smallest absolute Gasteiger partial charge is 0.351 e. The summed E-state index contributed by atoms with van der Waals surface area (Å²) in [6.07, 6.45) is -1.53. The molecule has 1 aliphatic rings. The fourth-order valence-electron chi connectivity index (χ4n) is 1.74. The van der Waals surface area contributed by atoms with Crippen LogP contribution < -0.4 is 11.4 Å². The molecule has 3 atom stereocenters. The summed E-state index contributed by atoms with van der Waals surface area (Å²) in [5.74, 6) is -0.358. The monoisotopic (exact) mass is 244 g/mol. The molecule has 1 aromatic heterocycles. The highest BCUT2D eigenvalue weighted by atomic mass is 16.5. The first-order valence-electron chi connectivity index (χ1n) is 6.57. The molecular weight excluding hydrogens is 226 g/mol. The van der Waals surface area contributed by atoms with E-state index in [-0.39, 0.29) is 17.8 Å². The van der Waals surface area contributed by atoms with Crippen LogP contribution in [0.15, 0.2) is 11.0 Å². The maximum atomic E-state index is 11.8. The molecule has 1 aliphatic heterocycles. The molecule has 17 heavy (non-hydrogen) atoms. The molecule has 1 saturated heterocycles. The van der Waals surface area contributed by atoms with E-state index in [0.29, 0.717) is 0 Å². The Morgan fingerprint density at radius 3 is 3.18 bits per heavy atom. The van der Waals surface area contributed by atoms with Crippen LogP contribution in [-0.2, 0) is 4.74 Å². The highest BCUT2D eigenvalue weighted by Gasteiger charge is 2.35. The Labute approximate surface area is 102 Å². The molecule has 2 heterocycles. The third kappa shape index (κ3) is 2.17. The van der Waals surface area contributed by atoms with E-state index in [1.54, 1.807) is 0 Å². The van der Waals surface area contributed by atoms with Crippen LogP contribution in [0.2, 0.25) is 0 Å². The zero-order valence-corrected chi connectivity index (χ0v) is 8.91. The van der Waals surface area contributed by atoms with Gasteiger partial charge in [0.25, 0.3) is 0 Å². The van der Waals surface area contributed by atoms with Crippen molar-refractivity contribution in [1.82, 2.24) is 9.55 Å². The van der Waals surface area contributed by atoms with Crippen molar-refractivity contribution in [3.8, 4) is 0 Å². The first-order chi connectivity index (χ1) is 9.24. The predicted molar refractivity (Wildman–Crippen MR) is 59.3 cm³/mol. The SMILES string of the molecule is [2H]C([2H])([2H])c1cn([C@H]2CC(O)[C@@H](CO)O2)c(=O)nc1N. The lowest BCUT2D eigenvalue weighted by atomic mass is 10.2. The predicted octanol–water partition coefficient (Wildman–Crippen LogP) is -1.23. The quantitative estimate of drug-likeness (QED) is 0.601. The van der Waals surface area contributed by atoms with Gasteiger partial charge in [-0.25, -0.2) is 4.79 Å². The van der Waals surface area contributed by atoms with E-state index in [0.717, 1.165) is 10.8 Å². The van der Waals surface area contributed by atoms with Crippen LogP contribution in [0.25, 0.3) is 0 Å². The van der Waals surface area contributed by atoms with E-state index in [9.17, 15) is 9.90 Å². The van der Waals surface area contributed by atoms with Gasteiger partial charge in [0.2, 0.25) is 0 Å². The van der Waals surface area contributed by atoms with E-state index in [1.165, 1.54) is 0 Å². The van der Waals surface area contributed by atoms with Crippen molar-refractivity contribution < 1.29 is 19.1 Å². The Morgan fingerprint density at radius 2 is 2.59 bits per heavy atom. The number of nitrogen functional groups attached to an aromatic ring is 1. The van der Waals surface area contributed by atoms with Gasteiger partial charge in [0, 0.05) is 22.3 Å². The van der Waals surface area contributed by atoms with Crippen LogP contribution in [-0.4, -0.2) is 38.6 Å². The van der Waals surface area contributed by atoms with Crippen LogP contribution in [0.4, 0.5) is 5.82 Å². The van der Waals surface area contributed by atoms with Crippen LogP contribution in [0.3, 0.4) is 0 Å². The van der Waals surface area contributed by atoms with Gasteiger partial charge in [0.1, 0.15) is 18.1 Å². The summed E-state index contributed by atoms with van der Waals surface area (Å²) in [6, 6.07) is 0. The summed E-state index contributed by atoms with van der Waals surface area (Å²) in [7, 11) is 0. The highest BCUT2D eigenvalue weighted by Crippen LogP contribution is 2.27. The van der Waals surface area contributed by atoms with Gasteiger partial charge in [-0.2, -0.15) is 4.98 Å². The summed E-state index contributed by atoms with van der Waals surface area (Å²) < 4.78 is 28.3. The lowest BCUT2D eigenvalue weighted by Gasteiger charge is -2.15. The third-order valence-electron chi connectivity index (χ3n) is 2.68. The second kappa shape index (κ2) is 4.44. The molecule has 0 aliphatic carbocycles. The normalized spacial score (nSPS) is 31.9. The first kappa shape index (κ1) is 8.62. The van der Waals surface area contributed by atoms with Crippen molar-refractivity contribution >= 4 is 5.82 Å². The number of nitrogens with zero attached hydrogens (tertiary/aromatic N) is 2. The van der Waals surface area contributed by atoms with Crippen molar-refractivity contribution in [3.05, 3.63) is 22.2 Å². The molecule has 1 fully saturated rings. The van der Waals surface area contributed by atoms with E-state index in [1.807, 2.05) is 0 Å². The Morgan fingerprint density at radius 1 is 1.82 bits per heavy atom. The molecule has 4 N–H and O–H groups in total. The summed E-state index contributed by atoms with van der Waals surface area (Å²) in [6.45, 7) is -2.92. The number of aryl methyl sites for hydroxylation is 1. The van der Waals surface area contributed by atoms with Crippen molar-refractivity contribution in [2.75, 3.05) is 12.3 Å². The number of hydrogen-bond acceptors (Lipinski definition) is 6. The number of anilines is 1. The Balaban J connectivity index is 2.41. The topological polar surface area (TPSA) is 111 Å². The van der Waals surface area contributed by atoms with E-state index >= 15 is 0 Å². The molecule has 0 radical (unpaired) electrons. The highest BCUT2D eigenvalue weighted by molar-refractivity contribution is 5.35. The van der Waals surface area contributed by atoms with Crippen LogP contribution in [0.1, 0.15) is 22.3 Å². The maximum Gasteiger partial charge on any atom is 0.351 e. The molecule has 1 aromatic rings. The zero-order valence-electron chi connectivity index (χ0n) is 11.9. The van der Waals surface area contributed by atoms with Crippen LogP contribution in [0, 0.1) is 6.85 Å². The van der Waals surface area contributed by atoms with Gasteiger partial charge in [0.05, 0.1) is 12.7 Å². The molecule has 94 valence electrons. The minimum Gasteiger partial charge on any atom is -0.394 e. The molecule has 0 amide bonds. The fraction of sp³-hybridized carbons (Fsp3) is 0.600. The van der Waals surface area contributed by atoms with E-state index in [4.69, 9.17) is 19.7 Å². The number of nitrogens with two attached hydrogens (primary N) is 1. The summed E-state index contributed by atoms with van der Waals surface area (Å²) in [5.41, 5.74) is 4.41. The molecule has 0 saturated carbocycles. The first-order valence-corrected chi connectivity index (χ1v) is 5.07. The van der Waals surface area contributed by atoms with Crippen molar-refractivity contribution in [2.24, 2.45) is 0 Å². The van der Waals surface area contributed by atoms with Gasteiger partial charge in [-0.1, -0.05) is 0 Å². The average Bonchev–Trinajstić information content (AvgIpc) is 2.68. The number of ether oxygens (including phenoxy) is 1. The van der Waals surface area contributed by atoms with Gasteiger partial charge in [-0.15, -0.1) is 0 Å². The molecular formula is C10H15N3O4. The lowest BCUT2D eigenvalue weighted by Crippen LogP contribution is -2.28. The summed E-state index contributed by atoms with van der Waals surface area (Å²) in [4.78, 5) is 15.2. The third-order valence-corrected chi connectivity index (χ3v) is 2.68. The number of aliphatic hydroxyl groups excluding tert-OH is 2. The van der Waals surface area contributed by atoms with Crippen LogP contribution in [0.5, 0.6) is 0 Å². The molecule has 7 nitrogen and oxygen atoms in total. The lowest BCUT2D eigenvalue weighted by molar-refractivity contribution is -0.0459. The molecule has 1 unspecified atom stereocenters. The second-order valence-electron chi connectivity index (χ2n) is 3.84. The average molecular weight is 244 g/mol. The largest absolute Gasteiger partial charge is 0.394 e. The minimum atomic E-state index is -2.51. The number of hydrogen-bond donors (Lipinski definition) is 3. The van der Waals surface area contributed by atoms with Gasteiger partial charge in [-0.3, -0.25) is 4.57 Å². The molecule has 0 aromatic carbocycles. The Kier molecular flexibility index (Phi) is 2.25. The van der Waals surface area contributed by atoms with Crippen molar-refractivity contribution in [1.29, 1.82) is 0 Å². The standard InChI is InChI=1S/C10H15N3O4/c1-5-3-13(10(16)12-9(5)11)8-2-6(15)7(4-14)17-8/h3,6-8,14-15H,2,4H2,1H3,(H2,11,12,16)/t6?,7-,8-/m1/s1/i1D3. The number of rotatable bonds is 2. The van der Waals surface area contributed by atoms with E-state index < -0.39 is 37.6 Å². The zero-order chi connectivity index (χ0) is 15.1. The van der Waals surface area contributed by atoms with Gasteiger partial charge in [0.15, 0.2) is 0 Å². The van der Waals surface area contributed by atoms with Crippen LogP contribution >= 0.6 is 0 Å². The number of aliphatic hydroxyl groups is 2. The fourth-order valence-corrected chi connectivity index (χ4v) is 1.74. The van der Waals surface area contributed by atoms with Crippen molar-refractivity contribution in [3.63, 3.8) is 0 Å². The molecule has 2 rings (SSSR count). The molecule has 0 spiro atoms. The second-order valence-corrected chi connectivity index (χ2v) is 3.84. The van der Waals surface area contributed by atoms with Gasteiger partial charge >= 0.3 is 5.69 Å². The Bertz CT molecular complexity index is 560. The summed E-state index contributed by atoms with van der Waals surface area (Å²) in [5, 5.41) is 18.6. The van der Waals surface area contributed by atoms with Gasteiger partial charge < -0.3 is 20.7 Å². The molecule has 7 heteroatoms. The van der Waals surface area contributed by atoms with E-state index in [2.05, 4.69) is 4.98 Å². The molecule has 0 bridgehead atoms. The van der Waals surface area contributed by atoms with Gasteiger partial charge in [-0.05, 0) is 6.85 Å². The van der Waals surface area contributed by atoms with Crippen molar-refractivity contribution in [2.45, 2.75) is 31.7 Å². The maximum absolute atomic E-state index is 11.8. The Hall–Kier alpha value is -1.44. The minimum absolute atomic E-state index is 0.0527. The number of aromatic nitrogens is 2.